The molecule has 6 heteroatoms. The topological polar surface area (TPSA) is 33.5 Å². The molecule has 0 unspecified atom stereocenters. The van der Waals surface area contributed by atoms with Gasteiger partial charge in [-0.05, 0) is 71.6 Å². The summed E-state index contributed by atoms with van der Waals surface area (Å²) in [5.41, 5.74) is 7.69. The Morgan fingerprint density at radius 2 is 1.21 bits per heavy atom. The van der Waals surface area contributed by atoms with Gasteiger partial charge in [-0.2, -0.15) is 10.1 Å². The van der Waals surface area contributed by atoms with Gasteiger partial charge in [0.25, 0.3) is 0 Å². The summed E-state index contributed by atoms with van der Waals surface area (Å²) in [7, 11) is -2.17. The van der Waals surface area contributed by atoms with Gasteiger partial charge in [-0.1, -0.05) is 117 Å². The van der Waals surface area contributed by atoms with E-state index in [1.165, 1.54) is 37.7 Å². The third-order valence-corrected chi connectivity index (χ3v) is 13.0. The summed E-state index contributed by atoms with van der Waals surface area (Å²) in [4.78, 5) is 11.4. The quantitative estimate of drug-likeness (QED) is 0.178. The van der Waals surface area contributed by atoms with E-state index < -0.39 is 8.07 Å². The molecule has 1 aliphatic heterocycles. The summed E-state index contributed by atoms with van der Waals surface area (Å²) < 4.78 is 2.34. The van der Waals surface area contributed by atoms with Crippen LogP contribution >= 0.6 is 0 Å². The number of pyridine rings is 1. The van der Waals surface area contributed by atoms with Crippen molar-refractivity contribution in [2.45, 2.75) is 39.3 Å². The molecule has 0 atom stereocenters. The van der Waals surface area contributed by atoms with Gasteiger partial charge in [-0.15, -0.1) is 4.94 Å². The van der Waals surface area contributed by atoms with Gasteiger partial charge in [0.2, 0.25) is 0 Å². The second-order valence-electron chi connectivity index (χ2n) is 13.9. The van der Waals surface area contributed by atoms with E-state index in [9.17, 15) is 0 Å². The first kappa shape index (κ1) is 29.2. The maximum Gasteiger partial charge on any atom is 0.137 e. The highest BCUT2D eigenvalue weighted by Crippen LogP contribution is 2.44. The standard InChI is InChI=1S/C41H38N4OSi/c1-41(2,3)29-24-25-42-40(26-29)43-36-19-10-9-18-34(36)35-23-22-33(28-39(35)43)47(4,5)32-17-13-16-31(27-32)45-38-21-12-11-20-37(38)44(46-45)30-14-7-6-8-15-30/h6-28H,1-5H3. The van der Waals surface area contributed by atoms with Gasteiger partial charge < -0.3 is 0 Å². The predicted molar refractivity (Wildman–Crippen MR) is 199 cm³/mol. The Morgan fingerprint density at radius 1 is 0.574 bits per heavy atom. The molecule has 2 aromatic heterocycles. The van der Waals surface area contributed by atoms with Crippen molar-refractivity contribution in [2.24, 2.45) is 0 Å². The summed E-state index contributed by atoms with van der Waals surface area (Å²) >= 11 is 0. The highest BCUT2D eigenvalue weighted by Gasteiger charge is 2.32. The van der Waals surface area contributed by atoms with E-state index in [4.69, 9.17) is 9.92 Å². The van der Waals surface area contributed by atoms with Gasteiger partial charge in [0.15, 0.2) is 0 Å². The van der Waals surface area contributed by atoms with Crippen LogP contribution in [-0.4, -0.2) is 17.6 Å². The molecule has 0 amide bonds. The second-order valence-corrected chi connectivity index (χ2v) is 18.3. The fraction of sp³-hybridized carbons (Fsp3) is 0.146. The third-order valence-electron chi connectivity index (χ3n) is 9.51. The lowest BCUT2D eigenvalue weighted by molar-refractivity contribution is 0.156. The molecule has 47 heavy (non-hydrogen) atoms. The summed E-state index contributed by atoms with van der Waals surface area (Å²) in [6.07, 6.45) is 1.95. The van der Waals surface area contributed by atoms with E-state index in [0.717, 1.165) is 28.6 Å². The van der Waals surface area contributed by atoms with Crippen LogP contribution in [-0.2, 0) is 10.4 Å². The lowest BCUT2D eigenvalue weighted by Gasteiger charge is -2.26. The number of hydrogen-bond acceptors (Lipinski definition) is 4. The Bertz CT molecular complexity index is 2270. The molecule has 0 fully saturated rings. The van der Waals surface area contributed by atoms with Crippen LogP contribution in [0.5, 0.6) is 0 Å². The Labute approximate surface area is 277 Å². The molecule has 5 nitrogen and oxygen atoms in total. The summed E-state index contributed by atoms with van der Waals surface area (Å²) in [6, 6.07) is 47.6. The van der Waals surface area contributed by atoms with Crippen molar-refractivity contribution in [3.63, 3.8) is 0 Å². The van der Waals surface area contributed by atoms with Crippen molar-refractivity contribution in [3.05, 3.63) is 145 Å². The molecular formula is C41H38N4OSi. The zero-order chi connectivity index (χ0) is 32.3. The molecule has 0 spiro atoms. The Kier molecular flexibility index (Phi) is 6.83. The van der Waals surface area contributed by atoms with Crippen LogP contribution in [0.3, 0.4) is 0 Å². The maximum atomic E-state index is 6.54. The number of anilines is 4. The van der Waals surface area contributed by atoms with E-state index in [0.29, 0.717) is 0 Å². The van der Waals surface area contributed by atoms with Crippen LogP contribution in [0.2, 0.25) is 13.1 Å². The van der Waals surface area contributed by atoms with Gasteiger partial charge in [0.05, 0.1) is 33.8 Å². The third kappa shape index (κ3) is 4.92. The number of fused-ring (bicyclic) bond motifs is 4. The maximum absolute atomic E-state index is 6.54. The van der Waals surface area contributed by atoms with Crippen molar-refractivity contribution in [1.82, 2.24) is 9.55 Å². The van der Waals surface area contributed by atoms with E-state index in [2.05, 4.69) is 154 Å². The molecule has 0 aliphatic carbocycles. The van der Waals surface area contributed by atoms with Crippen molar-refractivity contribution in [1.29, 1.82) is 0 Å². The summed E-state index contributed by atoms with van der Waals surface area (Å²) in [5.74, 6) is 0.954. The summed E-state index contributed by atoms with van der Waals surface area (Å²) in [5, 5.41) is 9.04. The van der Waals surface area contributed by atoms with E-state index >= 15 is 0 Å². The molecule has 5 aromatic carbocycles. The molecule has 0 saturated carbocycles. The Balaban J connectivity index is 1.22. The van der Waals surface area contributed by atoms with E-state index in [1.807, 2.05) is 34.5 Å². The zero-order valence-electron chi connectivity index (χ0n) is 27.5. The van der Waals surface area contributed by atoms with E-state index in [-0.39, 0.29) is 5.41 Å². The average Bonchev–Trinajstić information content (AvgIpc) is 3.65. The second kappa shape index (κ2) is 11.0. The lowest BCUT2D eigenvalue weighted by Crippen LogP contribution is -2.52. The van der Waals surface area contributed by atoms with E-state index in [1.54, 1.807) is 0 Å². The number of para-hydroxylation sites is 4. The molecule has 7 aromatic rings. The molecule has 8 rings (SSSR count). The van der Waals surface area contributed by atoms with Crippen LogP contribution in [0.15, 0.2) is 140 Å². The van der Waals surface area contributed by atoms with Gasteiger partial charge in [0, 0.05) is 17.0 Å². The minimum atomic E-state index is -2.17. The molecule has 0 radical (unpaired) electrons. The molecule has 0 saturated heterocycles. The van der Waals surface area contributed by atoms with Gasteiger partial charge >= 0.3 is 0 Å². The smallest absolute Gasteiger partial charge is 0.137 e. The van der Waals surface area contributed by atoms with Crippen LogP contribution < -0.4 is 20.5 Å². The first-order chi connectivity index (χ1) is 22.7. The van der Waals surface area contributed by atoms with Crippen LogP contribution in [0.25, 0.3) is 27.6 Å². The monoisotopic (exact) mass is 630 g/mol. The molecule has 0 bridgehead atoms. The average molecular weight is 631 g/mol. The minimum Gasteiger partial charge on any atom is -0.294 e. The largest absolute Gasteiger partial charge is 0.294 e. The van der Waals surface area contributed by atoms with Crippen LogP contribution in [0.1, 0.15) is 26.3 Å². The normalized spacial score (nSPS) is 13.5. The van der Waals surface area contributed by atoms with Crippen molar-refractivity contribution in [3.8, 4) is 5.82 Å². The zero-order valence-corrected chi connectivity index (χ0v) is 28.5. The first-order valence-electron chi connectivity index (χ1n) is 16.2. The molecule has 0 N–H and O–H groups in total. The molecule has 1 aliphatic rings. The molecule has 232 valence electrons. The number of rotatable bonds is 5. The number of nitrogens with zero attached hydrogens (tertiary/aromatic N) is 4. The van der Waals surface area contributed by atoms with Crippen molar-refractivity contribution < 1.29 is 4.94 Å². The molecule has 3 heterocycles. The van der Waals surface area contributed by atoms with Gasteiger partial charge in [-0.25, -0.2) is 4.98 Å². The predicted octanol–water partition coefficient (Wildman–Crippen LogP) is 9.44. The number of hydrogen-bond donors (Lipinski definition) is 0. The lowest BCUT2D eigenvalue weighted by atomic mass is 9.88. The first-order valence-corrected chi connectivity index (χ1v) is 19.2. The van der Waals surface area contributed by atoms with Crippen molar-refractivity contribution in [2.75, 3.05) is 10.1 Å². The highest BCUT2D eigenvalue weighted by atomic mass is 28.3. The molecular weight excluding hydrogens is 593 g/mol. The number of aromatic nitrogens is 2. The van der Waals surface area contributed by atoms with Crippen LogP contribution in [0.4, 0.5) is 22.7 Å². The SMILES string of the molecule is CC(C)(C)c1ccnc(-n2c3ccccc3c3ccc([Si](C)(C)c4cccc(N5ON(c6ccccc6)c6ccccc65)c4)cc32)c1. The van der Waals surface area contributed by atoms with Crippen LogP contribution in [0, 0.1) is 0 Å². The van der Waals surface area contributed by atoms with Gasteiger partial charge in [0.1, 0.15) is 13.9 Å². The summed E-state index contributed by atoms with van der Waals surface area (Å²) in [6.45, 7) is 11.6. The van der Waals surface area contributed by atoms with Gasteiger partial charge in [-0.3, -0.25) is 4.57 Å². The fourth-order valence-corrected chi connectivity index (χ4v) is 9.07. The Morgan fingerprint density at radius 3 is 1.98 bits per heavy atom. The fourth-order valence-electron chi connectivity index (χ4n) is 6.71. The number of benzene rings is 5. The van der Waals surface area contributed by atoms with Crippen molar-refractivity contribution >= 4 is 63.0 Å². The Hall–Kier alpha value is -5.17. The minimum absolute atomic E-state index is 0.0270. The highest BCUT2D eigenvalue weighted by molar-refractivity contribution is 7.00.